The van der Waals surface area contributed by atoms with Gasteiger partial charge in [-0.2, -0.15) is 0 Å². The summed E-state index contributed by atoms with van der Waals surface area (Å²) in [5.74, 6) is -0.229. The number of aromatic amines is 1. The van der Waals surface area contributed by atoms with Gasteiger partial charge in [0, 0.05) is 5.54 Å². The number of H-pyrrole nitrogens is 1. The van der Waals surface area contributed by atoms with Crippen LogP contribution >= 0.6 is 12.2 Å². The second-order valence-corrected chi connectivity index (χ2v) is 5.38. The summed E-state index contributed by atoms with van der Waals surface area (Å²) in [6.07, 6.45) is 2.07. The molecule has 0 unspecified atom stereocenters. The fraction of sp³-hybridized carbons (Fsp3) is 0.462. The van der Waals surface area contributed by atoms with Gasteiger partial charge in [0.15, 0.2) is 4.77 Å². The Bertz CT molecular complexity index is 595. The van der Waals surface area contributed by atoms with Gasteiger partial charge in [0.2, 0.25) is 0 Å². The molecule has 0 amide bonds. The third kappa shape index (κ3) is 2.14. The summed E-state index contributed by atoms with van der Waals surface area (Å²) >= 11 is 5.34. The molecule has 0 aliphatic rings. The topological polar surface area (TPSA) is 20.7 Å². The number of hydrogen-bond donors (Lipinski definition) is 1. The van der Waals surface area contributed by atoms with Crippen LogP contribution in [-0.4, -0.2) is 9.55 Å². The molecular formula is C13H17FN2S. The Labute approximate surface area is 105 Å². The van der Waals surface area contributed by atoms with Crippen LogP contribution in [0, 0.1) is 10.6 Å². The zero-order chi connectivity index (χ0) is 12.6. The Morgan fingerprint density at radius 3 is 2.76 bits per heavy atom. The molecule has 0 saturated carbocycles. The van der Waals surface area contributed by atoms with Crippen molar-refractivity contribution in [2.45, 2.75) is 39.2 Å². The maximum absolute atomic E-state index is 13.3. The maximum Gasteiger partial charge on any atom is 0.178 e. The van der Waals surface area contributed by atoms with Crippen molar-refractivity contribution in [3.8, 4) is 0 Å². The van der Waals surface area contributed by atoms with Crippen LogP contribution in [0.4, 0.5) is 4.39 Å². The van der Waals surface area contributed by atoms with Crippen molar-refractivity contribution < 1.29 is 4.39 Å². The van der Waals surface area contributed by atoms with Crippen molar-refractivity contribution in [2.75, 3.05) is 0 Å². The van der Waals surface area contributed by atoms with E-state index in [9.17, 15) is 4.39 Å². The van der Waals surface area contributed by atoms with E-state index in [1.807, 2.05) is 4.57 Å². The number of aromatic nitrogens is 2. The molecule has 2 nitrogen and oxygen atoms in total. The summed E-state index contributed by atoms with van der Waals surface area (Å²) in [7, 11) is 0. The first kappa shape index (κ1) is 12.3. The molecule has 1 aromatic carbocycles. The molecule has 92 valence electrons. The summed E-state index contributed by atoms with van der Waals surface area (Å²) in [5.41, 5.74) is 1.63. The van der Waals surface area contributed by atoms with Gasteiger partial charge in [0.25, 0.3) is 0 Å². The highest BCUT2D eigenvalue weighted by Crippen LogP contribution is 2.27. The summed E-state index contributed by atoms with van der Waals surface area (Å²) in [6.45, 7) is 6.40. The zero-order valence-corrected chi connectivity index (χ0v) is 11.2. The molecule has 0 radical (unpaired) electrons. The van der Waals surface area contributed by atoms with E-state index in [4.69, 9.17) is 12.2 Å². The zero-order valence-electron chi connectivity index (χ0n) is 10.4. The predicted molar refractivity (Wildman–Crippen MR) is 71.3 cm³/mol. The Hall–Kier alpha value is -1.16. The normalized spacial score (nSPS) is 12.2. The lowest BCUT2D eigenvalue weighted by Gasteiger charge is -2.27. The van der Waals surface area contributed by atoms with E-state index in [2.05, 4.69) is 25.8 Å². The minimum Gasteiger partial charge on any atom is -0.331 e. The van der Waals surface area contributed by atoms with Crippen LogP contribution in [0.3, 0.4) is 0 Å². The van der Waals surface area contributed by atoms with Crippen molar-refractivity contribution in [3.63, 3.8) is 0 Å². The second-order valence-electron chi connectivity index (χ2n) is 4.99. The first-order valence-corrected chi connectivity index (χ1v) is 6.27. The number of imidazole rings is 1. The Balaban J connectivity index is 2.72. The number of benzene rings is 1. The van der Waals surface area contributed by atoms with E-state index in [-0.39, 0.29) is 11.4 Å². The van der Waals surface area contributed by atoms with Gasteiger partial charge in [-0.05, 0) is 50.7 Å². The standard InChI is InChI=1S/C13H17FN2S/c1-4-7-13(2,3)16-11-8-9(14)5-6-10(11)15-12(16)17/h5-6,8H,4,7H2,1-3H3,(H,15,17). The molecule has 0 saturated heterocycles. The Kier molecular flexibility index (Phi) is 3.08. The molecule has 0 aliphatic carbocycles. The van der Waals surface area contributed by atoms with E-state index in [0.29, 0.717) is 4.77 Å². The maximum atomic E-state index is 13.3. The number of fused-ring (bicyclic) bond motifs is 1. The molecule has 4 heteroatoms. The van der Waals surface area contributed by atoms with Crippen molar-refractivity contribution in [2.24, 2.45) is 0 Å². The third-order valence-electron chi connectivity index (χ3n) is 3.11. The third-order valence-corrected chi connectivity index (χ3v) is 3.40. The lowest BCUT2D eigenvalue weighted by molar-refractivity contribution is 0.329. The van der Waals surface area contributed by atoms with Gasteiger partial charge in [-0.1, -0.05) is 13.3 Å². The van der Waals surface area contributed by atoms with Crippen LogP contribution in [0.5, 0.6) is 0 Å². The van der Waals surface area contributed by atoms with Gasteiger partial charge in [0.1, 0.15) is 5.82 Å². The lowest BCUT2D eigenvalue weighted by Crippen LogP contribution is -2.26. The molecule has 0 spiro atoms. The highest BCUT2D eigenvalue weighted by molar-refractivity contribution is 7.71. The second kappa shape index (κ2) is 4.26. The van der Waals surface area contributed by atoms with Gasteiger partial charge in [-0.3, -0.25) is 0 Å². The fourth-order valence-electron chi connectivity index (χ4n) is 2.40. The van der Waals surface area contributed by atoms with E-state index in [0.717, 1.165) is 23.9 Å². The van der Waals surface area contributed by atoms with Crippen molar-refractivity contribution in [1.82, 2.24) is 9.55 Å². The molecule has 2 rings (SSSR count). The molecule has 0 aliphatic heterocycles. The van der Waals surface area contributed by atoms with E-state index in [1.54, 1.807) is 12.1 Å². The van der Waals surface area contributed by atoms with Crippen LogP contribution in [0.25, 0.3) is 11.0 Å². The molecule has 1 aromatic heterocycles. The molecule has 0 bridgehead atoms. The number of rotatable bonds is 3. The average Bonchev–Trinajstić information content (AvgIpc) is 2.53. The minimum absolute atomic E-state index is 0.0993. The molecule has 2 aromatic rings. The Morgan fingerprint density at radius 2 is 2.12 bits per heavy atom. The van der Waals surface area contributed by atoms with Crippen molar-refractivity contribution in [3.05, 3.63) is 28.8 Å². The summed E-state index contributed by atoms with van der Waals surface area (Å²) in [5, 5.41) is 0. The minimum atomic E-state index is -0.229. The summed E-state index contributed by atoms with van der Waals surface area (Å²) in [4.78, 5) is 3.13. The van der Waals surface area contributed by atoms with Crippen molar-refractivity contribution >= 4 is 23.3 Å². The van der Waals surface area contributed by atoms with Crippen LogP contribution < -0.4 is 0 Å². The van der Waals surface area contributed by atoms with Gasteiger partial charge < -0.3 is 9.55 Å². The SMILES string of the molecule is CCCC(C)(C)n1c(=S)[nH]c2ccc(F)cc21. The van der Waals surface area contributed by atoms with Crippen molar-refractivity contribution in [1.29, 1.82) is 0 Å². The van der Waals surface area contributed by atoms with E-state index < -0.39 is 0 Å². The Morgan fingerprint density at radius 1 is 1.41 bits per heavy atom. The molecular weight excluding hydrogens is 235 g/mol. The smallest absolute Gasteiger partial charge is 0.178 e. The summed E-state index contributed by atoms with van der Waals surface area (Å²) < 4.78 is 16.0. The first-order valence-electron chi connectivity index (χ1n) is 5.86. The van der Waals surface area contributed by atoms with Crippen LogP contribution in [0.15, 0.2) is 18.2 Å². The monoisotopic (exact) mass is 252 g/mol. The molecule has 1 heterocycles. The van der Waals surface area contributed by atoms with Gasteiger partial charge in [-0.15, -0.1) is 0 Å². The number of nitrogens with zero attached hydrogens (tertiary/aromatic N) is 1. The van der Waals surface area contributed by atoms with Gasteiger partial charge in [0.05, 0.1) is 11.0 Å². The van der Waals surface area contributed by atoms with Crippen LogP contribution in [0.2, 0.25) is 0 Å². The average molecular weight is 252 g/mol. The molecule has 0 atom stereocenters. The van der Waals surface area contributed by atoms with E-state index in [1.165, 1.54) is 6.07 Å². The number of nitrogens with one attached hydrogen (secondary N) is 1. The van der Waals surface area contributed by atoms with Gasteiger partial charge >= 0.3 is 0 Å². The summed E-state index contributed by atoms with van der Waals surface area (Å²) in [6, 6.07) is 4.73. The highest BCUT2D eigenvalue weighted by atomic mass is 32.1. The molecule has 17 heavy (non-hydrogen) atoms. The highest BCUT2D eigenvalue weighted by Gasteiger charge is 2.22. The van der Waals surface area contributed by atoms with Crippen LogP contribution in [-0.2, 0) is 5.54 Å². The first-order chi connectivity index (χ1) is 7.95. The predicted octanol–water partition coefficient (Wildman–Crippen LogP) is 4.37. The molecule has 1 N–H and O–H groups in total. The van der Waals surface area contributed by atoms with Crippen LogP contribution in [0.1, 0.15) is 33.6 Å². The number of halogens is 1. The quantitative estimate of drug-likeness (QED) is 0.804. The van der Waals surface area contributed by atoms with Gasteiger partial charge in [-0.25, -0.2) is 4.39 Å². The van der Waals surface area contributed by atoms with E-state index >= 15 is 0 Å². The fourth-order valence-corrected chi connectivity index (χ4v) is 2.86. The lowest BCUT2D eigenvalue weighted by atomic mass is 9.98. The number of hydrogen-bond acceptors (Lipinski definition) is 1. The molecule has 0 fully saturated rings. The largest absolute Gasteiger partial charge is 0.331 e.